The molecule has 1 heterocycles. The fourth-order valence-electron chi connectivity index (χ4n) is 1.78. The van der Waals surface area contributed by atoms with Crippen LogP contribution >= 0.6 is 38.9 Å². The maximum Gasteiger partial charge on any atom is 0.114 e. The Bertz CT molecular complexity index is 531. The van der Waals surface area contributed by atoms with Crippen LogP contribution in [0.3, 0.4) is 0 Å². The number of hydrogen-bond acceptors (Lipinski definition) is 2. The molecule has 17 heavy (non-hydrogen) atoms. The molecule has 1 aromatic carbocycles. The van der Waals surface area contributed by atoms with Gasteiger partial charge in [0.1, 0.15) is 10.4 Å². The highest BCUT2D eigenvalue weighted by Gasteiger charge is 2.16. The lowest BCUT2D eigenvalue weighted by Crippen LogP contribution is -2.00. The Morgan fingerprint density at radius 1 is 1.29 bits per heavy atom. The van der Waals surface area contributed by atoms with Gasteiger partial charge in [-0.05, 0) is 47.0 Å². The molecule has 0 aliphatic rings. The van der Waals surface area contributed by atoms with Gasteiger partial charge in [-0.2, -0.15) is 0 Å². The molecule has 0 aliphatic carbocycles. The molecule has 1 aromatic heterocycles. The normalized spacial score (nSPS) is 12.8. The molecule has 2 aromatic rings. The van der Waals surface area contributed by atoms with Crippen LogP contribution in [0, 0.1) is 13.8 Å². The molecule has 0 amide bonds. The van der Waals surface area contributed by atoms with Gasteiger partial charge >= 0.3 is 0 Å². The molecule has 2 rings (SSSR count). The minimum atomic E-state index is -0.607. The third-order valence-corrected chi connectivity index (χ3v) is 5.18. The van der Waals surface area contributed by atoms with Crippen molar-refractivity contribution in [3.05, 3.63) is 54.6 Å². The average Bonchev–Trinajstić information content (AvgIpc) is 2.58. The van der Waals surface area contributed by atoms with Crippen molar-refractivity contribution in [1.29, 1.82) is 0 Å². The molecule has 1 nitrogen and oxygen atoms in total. The van der Waals surface area contributed by atoms with Gasteiger partial charge < -0.3 is 5.11 Å². The Kier molecular flexibility index (Phi) is 3.93. The Morgan fingerprint density at radius 2 is 2.00 bits per heavy atom. The number of hydrogen-bond donors (Lipinski definition) is 1. The highest BCUT2D eigenvalue weighted by Crippen LogP contribution is 2.38. The summed E-state index contributed by atoms with van der Waals surface area (Å²) in [4.78, 5) is 0.855. The number of benzene rings is 1. The van der Waals surface area contributed by atoms with E-state index in [1.807, 2.05) is 32.0 Å². The Hall–Kier alpha value is -0.350. The van der Waals surface area contributed by atoms with Gasteiger partial charge in [-0.1, -0.05) is 35.4 Å². The van der Waals surface area contributed by atoms with E-state index in [0.717, 1.165) is 20.5 Å². The van der Waals surface area contributed by atoms with Crippen molar-refractivity contribution >= 4 is 38.9 Å². The molecule has 0 aliphatic heterocycles. The van der Waals surface area contributed by atoms with E-state index < -0.39 is 6.10 Å². The van der Waals surface area contributed by atoms with Crippen LogP contribution in [0.15, 0.2) is 28.7 Å². The zero-order valence-corrected chi connectivity index (χ0v) is 12.7. The summed E-state index contributed by atoms with van der Waals surface area (Å²) in [7, 11) is 0. The predicted octanol–water partition coefficient (Wildman–Crippen LogP) is 4.86. The number of aryl methyl sites for hydroxylation is 2. The van der Waals surface area contributed by atoms with Gasteiger partial charge in [-0.3, -0.25) is 0 Å². The lowest BCUT2D eigenvalue weighted by molar-refractivity contribution is 0.223. The largest absolute Gasteiger partial charge is 0.383 e. The van der Waals surface area contributed by atoms with E-state index in [0.29, 0.717) is 4.34 Å². The van der Waals surface area contributed by atoms with Crippen molar-refractivity contribution in [2.45, 2.75) is 20.0 Å². The van der Waals surface area contributed by atoms with Gasteiger partial charge in [0.05, 0.1) is 0 Å². The molecule has 4 heteroatoms. The molecule has 0 fully saturated rings. The first kappa shape index (κ1) is 13.1. The van der Waals surface area contributed by atoms with E-state index in [-0.39, 0.29) is 0 Å². The summed E-state index contributed by atoms with van der Waals surface area (Å²) in [6.45, 7) is 4.05. The maximum absolute atomic E-state index is 10.3. The van der Waals surface area contributed by atoms with Crippen LogP contribution in [0.25, 0.3) is 0 Å². The second kappa shape index (κ2) is 5.11. The molecule has 1 atom stereocenters. The summed E-state index contributed by atoms with van der Waals surface area (Å²) >= 11 is 10.7. The molecule has 1 N–H and O–H groups in total. The highest BCUT2D eigenvalue weighted by molar-refractivity contribution is 9.10. The van der Waals surface area contributed by atoms with E-state index in [2.05, 4.69) is 22.0 Å². The van der Waals surface area contributed by atoms with Crippen molar-refractivity contribution in [2.24, 2.45) is 0 Å². The minimum Gasteiger partial charge on any atom is -0.383 e. The number of rotatable bonds is 2. The van der Waals surface area contributed by atoms with E-state index in [1.54, 1.807) is 0 Å². The summed E-state index contributed by atoms with van der Waals surface area (Å²) in [5.74, 6) is 0. The number of thiophene rings is 1. The van der Waals surface area contributed by atoms with Gasteiger partial charge in [0.25, 0.3) is 0 Å². The smallest absolute Gasteiger partial charge is 0.114 e. The van der Waals surface area contributed by atoms with E-state index >= 15 is 0 Å². The van der Waals surface area contributed by atoms with Crippen LogP contribution in [0.4, 0.5) is 0 Å². The third-order valence-electron chi connectivity index (χ3n) is 2.65. The van der Waals surface area contributed by atoms with Crippen LogP contribution in [0.5, 0.6) is 0 Å². The molecule has 0 saturated heterocycles. The minimum absolute atomic E-state index is 0.607. The van der Waals surface area contributed by atoms with Gasteiger partial charge in [0.15, 0.2) is 0 Å². The van der Waals surface area contributed by atoms with Crippen molar-refractivity contribution in [3.8, 4) is 0 Å². The molecular weight excluding hydrogens is 320 g/mol. The molecule has 0 saturated carbocycles. The second-order valence-electron chi connectivity index (χ2n) is 4.03. The lowest BCUT2D eigenvalue weighted by Gasteiger charge is -2.12. The lowest BCUT2D eigenvalue weighted by atomic mass is 10.0. The van der Waals surface area contributed by atoms with Gasteiger partial charge in [0.2, 0.25) is 0 Å². The van der Waals surface area contributed by atoms with E-state index in [4.69, 9.17) is 11.6 Å². The first-order chi connectivity index (χ1) is 7.99. The van der Waals surface area contributed by atoms with Crippen molar-refractivity contribution in [2.75, 3.05) is 0 Å². The summed E-state index contributed by atoms with van der Waals surface area (Å²) in [5.41, 5.74) is 3.23. The van der Waals surface area contributed by atoms with Crippen LogP contribution < -0.4 is 0 Å². The fraction of sp³-hybridized carbons (Fsp3) is 0.231. The monoisotopic (exact) mass is 330 g/mol. The number of halogens is 2. The molecule has 90 valence electrons. The van der Waals surface area contributed by atoms with Crippen molar-refractivity contribution in [3.63, 3.8) is 0 Å². The van der Waals surface area contributed by atoms with E-state index in [1.165, 1.54) is 16.9 Å². The zero-order valence-electron chi connectivity index (χ0n) is 9.50. The molecular formula is C13H12BrClOS. The van der Waals surface area contributed by atoms with E-state index in [9.17, 15) is 5.11 Å². The molecule has 0 bridgehead atoms. The first-order valence-electron chi connectivity index (χ1n) is 5.19. The Balaban J connectivity index is 2.39. The van der Waals surface area contributed by atoms with Gasteiger partial charge in [0, 0.05) is 9.35 Å². The summed E-state index contributed by atoms with van der Waals surface area (Å²) in [6.07, 6.45) is -0.607. The second-order valence-corrected chi connectivity index (χ2v) is 6.57. The zero-order chi connectivity index (χ0) is 12.6. The standard InChI is InChI=1S/C13H12BrClOS/c1-7-3-4-9(8(2)5-7)12(16)11-6-10(14)13(15)17-11/h3-6,12,16H,1-2H3. The van der Waals surface area contributed by atoms with Crippen LogP contribution in [-0.2, 0) is 0 Å². The number of aliphatic hydroxyl groups excluding tert-OH is 1. The van der Waals surface area contributed by atoms with Gasteiger partial charge in [-0.15, -0.1) is 11.3 Å². The Morgan fingerprint density at radius 3 is 2.53 bits per heavy atom. The SMILES string of the molecule is Cc1ccc(C(O)c2cc(Br)c(Cl)s2)c(C)c1. The third kappa shape index (κ3) is 2.74. The number of aliphatic hydroxyl groups is 1. The summed E-state index contributed by atoms with van der Waals surface area (Å²) in [5, 5.41) is 10.3. The Labute approximate surface area is 118 Å². The first-order valence-corrected chi connectivity index (χ1v) is 7.17. The predicted molar refractivity (Wildman–Crippen MR) is 77.0 cm³/mol. The van der Waals surface area contributed by atoms with Crippen LogP contribution in [0.2, 0.25) is 4.34 Å². The van der Waals surface area contributed by atoms with Crippen molar-refractivity contribution in [1.82, 2.24) is 0 Å². The summed E-state index contributed by atoms with van der Waals surface area (Å²) in [6, 6.07) is 7.92. The average molecular weight is 332 g/mol. The topological polar surface area (TPSA) is 20.2 Å². The molecule has 0 radical (unpaired) electrons. The summed E-state index contributed by atoms with van der Waals surface area (Å²) < 4.78 is 1.51. The molecule has 0 spiro atoms. The van der Waals surface area contributed by atoms with Crippen molar-refractivity contribution < 1.29 is 5.11 Å². The highest BCUT2D eigenvalue weighted by atomic mass is 79.9. The quantitative estimate of drug-likeness (QED) is 0.833. The fourth-order valence-corrected chi connectivity index (χ4v) is 3.53. The maximum atomic E-state index is 10.3. The van der Waals surface area contributed by atoms with Crippen LogP contribution in [0.1, 0.15) is 27.7 Å². The van der Waals surface area contributed by atoms with Gasteiger partial charge in [-0.25, -0.2) is 0 Å². The molecule has 1 unspecified atom stereocenters. The van der Waals surface area contributed by atoms with Crippen LogP contribution in [-0.4, -0.2) is 5.11 Å².